The largest absolute Gasteiger partial charge is 0.372 e. The van der Waals surface area contributed by atoms with Gasteiger partial charge in [0.05, 0.1) is 17.9 Å². The number of alkyl halides is 2. The average molecular weight is 405 g/mol. The second-order valence-corrected chi connectivity index (χ2v) is 8.04. The molecule has 0 bridgehead atoms. The Balaban J connectivity index is 1.43. The fraction of sp³-hybridized carbons (Fsp3) is 0.550. The Kier molecular flexibility index (Phi) is 5.24. The first-order chi connectivity index (χ1) is 13.8. The zero-order valence-electron chi connectivity index (χ0n) is 16.5. The Morgan fingerprint density at radius 3 is 2.66 bits per heavy atom. The maximum absolute atomic E-state index is 12.8. The SMILES string of the molecule is C[C@@H]1CN(c2ccnc(C(=O)NC3(Cc4ccn(C(F)F)n4)CC3)c2)C[C@H](C)O1. The highest BCUT2D eigenvalue weighted by atomic mass is 19.3. The molecule has 0 spiro atoms. The van der Waals surface area contributed by atoms with Crippen molar-refractivity contribution in [3.05, 3.63) is 42.0 Å². The van der Waals surface area contributed by atoms with Gasteiger partial charge in [-0.25, -0.2) is 4.68 Å². The number of hydrogen-bond acceptors (Lipinski definition) is 5. The molecular weight excluding hydrogens is 380 g/mol. The van der Waals surface area contributed by atoms with E-state index in [0.29, 0.717) is 22.5 Å². The van der Waals surface area contributed by atoms with Crippen LogP contribution < -0.4 is 10.2 Å². The third-order valence-corrected chi connectivity index (χ3v) is 5.38. The summed E-state index contributed by atoms with van der Waals surface area (Å²) in [6.45, 7) is 2.91. The molecule has 1 aliphatic carbocycles. The van der Waals surface area contributed by atoms with Crippen molar-refractivity contribution in [2.75, 3.05) is 18.0 Å². The molecule has 1 saturated heterocycles. The Morgan fingerprint density at radius 2 is 2.03 bits per heavy atom. The van der Waals surface area contributed by atoms with Gasteiger partial charge in [-0.05, 0) is 44.9 Å². The van der Waals surface area contributed by atoms with Crippen LogP contribution in [0.2, 0.25) is 0 Å². The van der Waals surface area contributed by atoms with Crippen molar-refractivity contribution in [1.29, 1.82) is 0 Å². The summed E-state index contributed by atoms with van der Waals surface area (Å²) in [6.07, 6.45) is 5.14. The molecule has 2 aromatic heterocycles. The van der Waals surface area contributed by atoms with Gasteiger partial charge in [0.2, 0.25) is 0 Å². The average Bonchev–Trinajstić information content (AvgIpc) is 3.25. The lowest BCUT2D eigenvalue weighted by molar-refractivity contribution is -0.00522. The fourth-order valence-electron chi connectivity index (χ4n) is 3.86. The summed E-state index contributed by atoms with van der Waals surface area (Å²) < 4.78 is 31.8. The molecule has 1 aliphatic heterocycles. The number of carbonyl (C=O) groups excluding carboxylic acids is 1. The fourth-order valence-corrected chi connectivity index (χ4v) is 3.86. The van der Waals surface area contributed by atoms with Crippen molar-refractivity contribution in [2.24, 2.45) is 0 Å². The van der Waals surface area contributed by atoms with E-state index >= 15 is 0 Å². The molecule has 2 atom stereocenters. The van der Waals surface area contributed by atoms with Crippen molar-refractivity contribution in [3.63, 3.8) is 0 Å². The Hall–Kier alpha value is -2.55. The van der Waals surface area contributed by atoms with Crippen LogP contribution in [0, 0.1) is 0 Å². The number of halogens is 2. The molecule has 0 radical (unpaired) electrons. The summed E-state index contributed by atoms with van der Waals surface area (Å²) in [6, 6.07) is 5.26. The molecule has 3 heterocycles. The van der Waals surface area contributed by atoms with Crippen LogP contribution in [-0.2, 0) is 11.2 Å². The zero-order chi connectivity index (χ0) is 20.6. The highest BCUT2D eigenvalue weighted by Gasteiger charge is 2.45. The van der Waals surface area contributed by atoms with E-state index in [-0.39, 0.29) is 18.1 Å². The smallest absolute Gasteiger partial charge is 0.333 e. The van der Waals surface area contributed by atoms with Crippen LogP contribution in [0.25, 0.3) is 0 Å². The van der Waals surface area contributed by atoms with Crippen LogP contribution in [0.3, 0.4) is 0 Å². The maximum Gasteiger partial charge on any atom is 0.333 e. The van der Waals surface area contributed by atoms with Gasteiger partial charge in [0.25, 0.3) is 5.91 Å². The van der Waals surface area contributed by atoms with E-state index in [1.54, 1.807) is 18.3 Å². The quantitative estimate of drug-likeness (QED) is 0.800. The van der Waals surface area contributed by atoms with E-state index in [1.165, 1.54) is 6.20 Å². The summed E-state index contributed by atoms with van der Waals surface area (Å²) in [7, 11) is 0. The van der Waals surface area contributed by atoms with E-state index in [0.717, 1.165) is 31.6 Å². The zero-order valence-corrected chi connectivity index (χ0v) is 16.5. The minimum absolute atomic E-state index is 0.118. The summed E-state index contributed by atoms with van der Waals surface area (Å²) >= 11 is 0. The molecule has 9 heteroatoms. The Bertz CT molecular complexity index is 873. The van der Waals surface area contributed by atoms with Crippen LogP contribution in [0.5, 0.6) is 0 Å². The van der Waals surface area contributed by atoms with Crippen LogP contribution in [0.15, 0.2) is 30.6 Å². The van der Waals surface area contributed by atoms with Gasteiger partial charge in [0.1, 0.15) is 5.69 Å². The lowest BCUT2D eigenvalue weighted by Crippen LogP contribution is -2.45. The van der Waals surface area contributed by atoms with Gasteiger partial charge in [-0.2, -0.15) is 13.9 Å². The summed E-state index contributed by atoms with van der Waals surface area (Å²) in [5.74, 6) is -0.257. The van der Waals surface area contributed by atoms with Gasteiger partial charge in [-0.3, -0.25) is 9.78 Å². The van der Waals surface area contributed by atoms with Gasteiger partial charge in [-0.15, -0.1) is 0 Å². The van der Waals surface area contributed by atoms with E-state index in [4.69, 9.17) is 4.74 Å². The number of morpholine rings is 1. The second-order valence-electron chi connectivity index (χ2n) is 8.04. The number of amides is 1. The third-order valence-electron chi connectivity index (χ3n) is 5.38. The van der Waals surface area contributed by atoms with E-state index in [9.17, 15) is 13.6 Å². The number of anilines is 1. The van der Waals surface area contributed by atoms with Gasteiger partial charge >= 0.3 is 6.55 Å². The highest BCUT2D eigenvalue weighted by molar-refractivity contribution is 5.94. The number of pyridine rings is 1. The van der Waals surface area contributed by atoms with Gasteiger partial charge in [0, 0.05) is 43.1 Å². The summed E-state index contributed by atoms with van der Waals surface area (Å²) in [5.41, 5.74) is 1.39. The number of nitrogens with zero attached hydrogens (tertiary/aromatic N) is 4. The molecule has 1 amide bonds. The first-order valence-corrected chi connectivity index (χ1v) is 9.85. The van der Waals surface area contributed by atoms with E-state index in [1.807, 2.05) is 19.9 Å². The molecule has 156 valence electrons. The Labute approximate surface area is 168 Å². The first-order valence-electron chi connectivity index (χ1n) is 9.85. The minimum atomic E-state index is -2.66. The number of rotatable bonds is 6. The predicted octanol–water partition coefficient (Wildman–Crippen LogP) is 2.79. The van der Waals surface area contributed by atoms with E-state index < -0.39 is 12.1 Å². The van der Waals surface area contributed by atoms with Gasteiger partial charge in [0.15, 0.2) is 0 Å². The van der Waals surface area contributed by atoms with Gasteiger partial charge in [-0.1, -0.05) is 0 Å². The van der Waals surface area contributed by atoms with Gasteiger partial charge < -0.3 is 15.0 Å². The molecule has 0 unspecified atom stereocenters. The van der Waals surface area contributed by atoms with Crippen molar-refractivity contribution in [1.82, 2.24) is 20.1 Å². The second kappa shape index (κ2) is 7.70. The third kappa shape index (κ3) is 4.55. The molecule has 0 aromatic carbocycles. The lowest BCUT2D eigenvalue weighted by Gasteiger charge is -2.36. The van der Waals surface area contributed by atoms with Crippen LogP contribution in [0.4, 0.5) is 14.5 Å². The number of carbonyl (C=O) groups is 1. The number of hydrogen-bond donors (Lipinski definition) is 1. The standard InChI is InChI=1S/C20H25F2N5O2/c1-13-11-26(12-14(2)29-13)16-3-7-23-17(9-16)18(28)24-20(5-6-20)10-15-4-8-27(25-15)19(21)22/h3-4,7-9,13-14,19H,5-6,10-12H2,1-2H3,(H,24,28)/t13-,14+. The lowest BCUT2D eigenvalue weighted by atomic mass is 10.1. The Morgan fingerprint density at radius 1 is 1.31 bits per heavy atom. The number of nitrogens with one attached hydrogen (secondary N) is 1. The summed E-state index contributed by atoms with van der Waals surface area (Å²) in [5, 5.41) is 6.92. The van der Waals surface area contributed by atoms with Crippen molar-refractivity contribution in [2.45, 2.75) is 57.4 Å². The van der Waals surface area contributed by atoms with Crippen LogP contribution in [-0.4, -0.2) is 51.5 Å². The van der Waals surface area contributed by atoms with Crippen LogP contribution >= 0.6 is 0 Å². The molecule has 2 aromatic rings. The highest BCUT2D eigenvalue weighted by Crippen LogP contribution is 2.38. The summed E-state index contributed by atoms with van der Waals surface area (Å²) in [4.78, 5) is 19.2. The number of ether oxygens (including phenoxy) is 1. The molecule has 4 rings (SSSR count). The van der Waals surface area contributed by atoms with Crippen molar-refractivity contribution >= 4 is 11.6 Å². The molecule has 1 saturated carbocycles. The van der Waals surface area contributed by atoms with Crippen molar-refractivity contribution in [3.8, 4) is 0 Å². The topological polar surface area (TPSA) is 72.3 Å². The molecule has 29 heavy (non-hydrogen) atoms. The monoisotopic (exact) mass is 405 g/mol. The van der Waals surface area contributed by atoms with E-state index in [2.05, 4.69) is 20.3 Å². The molecular formula is C20H25F2N5O2. The number of aromatic nitrogens is 3. The predicted molar refractivity (Wildman–Crippen MR) is 103 cm³/mol. The normalized spacial score (nSPS) is 23.3. The first kappa shape index (κ1) is 19.8. The maximum atomic E-state index is 12.8. The minimum Gasteiger partial charge on any atom is -0.372 e. The molecule has 7 nitrogen and oxygen atoms in total. The van der Waals surface area contributed by atoms with Crippen LogP contribution in [0.1, 0.15) is 49.4 Å². The molecule has 2 fully saturated rings. The van der Waals surface area contributed by atoms with Crippen molar-refractivity contribution < 1.29 is 18.3 Å². The molecule has 2 aliphatic rings. The molecule has 1 N–H and O–H groups in total.